The Bertz CT molecular complexity index is 4840. The molecule has 672 valence electrons. The molecule has 5 saturated heterocycles. The van der Waals surface area contributed by atoms with Crippen LogP contribution in [0.4, 0.5) is 0 Å². The number of nitriles is 1. The van der Waals surface area contributed by atoms with Crippen LogP contribution >= 0.6 is 11.6 Å². The number of rotatable bonds is 20. The summed E-state index contributed by atoms with van der Waals surface area (Å²) in [5, 5.41) is 23.8. The Morgan fingerprint density at radius 3 is 1.57 bits per heavy atom. The minimum Gasteiger partial charge on any atom is -0.496 e. The molecule has 0 radical (unpaired) electrons. The molecule has 0 aromatic heterocycles. The Kier molecular flexibility index (Phi) is 29.1. The summed E-state index contributed by atoms with van der Waals surface area (Å²) in [6.07, 6.45) is 46.7. The minimum atomic E-state index is -0.615. The molecule has 126 heavy (non-hydrogen) atoms. The first-order valence-electron chi connectivity index (χ1n) is 49.7. The lowest BCUT2D eigenvalue weighted by atomic mass is 9.74. The number of benzene rings is 7. The predicted molar refractivity (Wildman–Crippen MR) is 512 cm³/mol. The van der Waals surface area contributed by atoms with Gasteiger partial charge < -0.3 is 43.7 Å². The lowest BCUT2D eigenvalue weighted by Gasteiger charge is -2.40. The quantitative estimate of drug-likeness (QED) is 0.0556. The van der Waals surface area contributed by atoms with Gasteiger partial charge in [-0.2, -0.15) is 5.26 Å². The van der Waals surface area contributed by atoms with Crippen molar-refractivity contribution in [2.24, 2.45) is 65.1 Å². The molecule has 13 nitrogen and oxygen atoms in total. The second-order valence-corrected chi connectivity index (χ2v) is 41.7. The van der Waals surface area contributed by atoms with E-state index in [-0.39, 0.29) is 13.8 Å². The van der Waals surface area contributed by atoms with Gasteiger partial charge in [0.1, 0.15) is 23.0 Å². The lowest BCUT2D eigenvalue weighted by molar-refractivity contribution is -0.0299. The number of fused-ring (bicyclic) bond motifs is 10. The van der Waals surface area contributed by atoms with Crippen LogP contribution < -0.4 is 24.4 Å². The van der Waals surface area contributed by atoms with E-state index in [2.05, 4.69) is 170 Å². The molecule has 14 heteroatoms. The second-order valence-electron chi connectivity index (χ2n) is 41.3. The van der Waals surface area contributed by atoms with E-state index in [4.69, 9.17) is 30.5 Å². The maximum absolute atomic E-state index is 12.6. The van der Waals surface area contributed by atoms with Crippen molar-refractivity contribution in [2.75, 3.05) is 99.9 Å². The third-order valence-electron chi connectivity index (χ3n) is 34.2. The number of piperidine rings is 5. The lowest BCUT2D eigenvalue weighted by Crippen LogP contribution is -2.52. The van der Waals surface area contributed by atoms with Gasteiger partial charge in [-0.3, -0.25) is 10.2 Å². The number of hydrogen-bond acceptors (Lipinski definition) is 13. The highest BCUT2D eigenvalue weighted by Crippen LogP contribution is 2.52. The molecule has 5 heterocycles. The number of Topliss-reactive ketones (excluding diaryl/α,β-unsaturated/α-hetero) is 1. The third kappa shape index (κ3) is 20.6. The standard InChI is InChI=1S/C26H30ClNO2.C25H31NO.C21H31NO.C20H25N3O.C20H27NO.H2/c27-23-7-3-1-6-22(23)25(29)17-30-26-8-4-2-5-21(26)19-11-13-28(14-12-19)24-16-18-9-10-20(24)15-18;1-27-25-10-9-21(19-5-3-2-4-6-19)17-23(25)20-11-13-26(14-12-20)24-16-18-7-8-22(24)15-18;1-23-21-5-3-2-4-20(21)18-10-12-22(13-11-18)19-9-8-16-6-7-17(14-16)15-19;1-24-19-5-3-2-4-17(19)20(14-21)8-10-23(11-9-20)22-18-13-15-6-7-16(18)12-15;1-15-4-2-3-5-19(15)20(22)8-10-21(11-9-20)14-18-13-16-6-7-17(18)12-16;/h1-8,18-20,24H,9-17H2;2-6,9-10,17-18,20,22,24H,7-8,11-16H2,1H3;2-5,16-19H,6-15H2,1H3;2-7,15-16,18,22H,8-13H2,1H3;2-7,16-18,22H,8-14H2,1H3;1H/t18-,20-,24-;18-,22-,24-;;15-,16-,18-;;/m00.0../s1. The van der Waals surface area contributed by atoms with Gasteiger partial charge >= 0.3 is 0 Å². The van der Waals surface area contributed by atoms with Gasteiger partial charge in [0, 0.05) is 69.4 Å². The van der Waals surface area contributed by atoms with Gasteiger partial charge in [-0.05, 0) is 365 Å². The first-order chi connectivity index (χ1) is 61.7. The summed E-state index contributed by atoms with van der Waals surface area (Å²) in [6.45, 7) is 14.7. The van der Waals surface area contributed by atoms with Crippen LogP contribution in [-0.2, 0) is 11.0 Å². The zero-order valence-electron chi connectivity index (χ0n) is 76.2. The van der Waals surface area contributed by atoms with Gasteiger partial charge in [-0.15, -0.1) is 0 Å². The maximum Gasteiger partial charge on any atom is 0.201 e. The molecular formula is C112H146ClN7O6. The fourth-order valence-corrected chi connectivity index (χ4v) is 27.4. The van der Waals surface area contributed by atoms with Crippen molar-refractivity contribution in [3.05, 3.63) is 238 Å². The molecule has 6 unspecified atom stereocenters. The Morgan fingerprint density at radius 2 is 0.992 bits per heavy atom. The molecule has 15 atom stereocenters. The average molecular weight is 1720 g/mol. The molecule has 0 spiro atoms. The molecule has 8 saturated carbocycles. The number of ether oxygens (including phenoxy) is 4. The molecule has 15 aliphatic rings. The van der Waals surface area contributed by atoms with Crippen molar-refractivity contribution in [1.82, 2.24) is 30.0 Å². The number of hydrazine groups is 1. The zero-order valence-corrected chi connectivity index (χ0v) is 77.0. The molecule has 10 aliphatic carbocycles. The maximum atomic E-state index is 12.6. The van der Waals surface area contributed by atoms with Gasteiger partial charge in [0.25, 0.3) is 0 Å². The van der Waals surface area contributed by atoms with E-state index in [1.807, 2.05) is 61.7 Å². The summed E-state index contributed by atoms with van der Waals surface area (Å²) in [5.41, 5.74) is 13.3. The number of methoxy groups -OCH3 is 3. The molecule has 2 N–H and O–H groups in total. The number of aliphatic hydroxyl groups is 1. The normalized spacial score (nSPS) is 30.2. The van der Waals surface area contributed by atoms with Crippen LogP contribution in [0.3, 0.4) is 0 Å². The minimum absolute atomic E-state index is 0. The van der Waals surface area contributed by atoms with Crippen LogP contribution in [0.15, 0.2) is 194 Å². The number of carbonyl (C=O) groups excluding carboxylic acids is 1. The van der Waals surface area contributed by atoms with Crippen LogP contribution in [0.5, 0.6) is 23.0 Å². The summed E-state index contributed by atoms with van der Waals surface area (Å²) >= 11 is 6.16. The number of para-hydroxylation sites is 3. The van der Waals surface area contributed by atoms with Crippen molar-refractivity contribution >= 4 is 17.4 Å². The SMILES string of the molecule is COc1ccc(-c2ccccc2)cc1C1CCN([C@H]2C[C@H]3CC[C@H]2C3)CC1.COc1ccccc1C1(C#N)CCN(N[C@H]2C[C@H]3C=C[C@H]2C3)CC1.COc1ccccc1C1CCN(C2CCC3CCC(C3)C2)CC1.Cc1ccccc1C1(O)CCN(CC2CC3C=CC2C3)CC1.O=C(COc1ccccc1C1CCN([C@H]2C[C@H]3CC[C@H]2C3)CC1)c1ccccc1Cl.[HH]. The third-order valence-corrected chi connectivity index (χ3v) is 34.5. The molecular weight excluding hydrogens is 1570 g/mol. The first kappa shape index (κ1) is 89.0. The molecule has 5 aliphatic heterocycles. The van der Waals surface area contributed by atoms with E-state index in [0.29, 0.717) is 40.3 Å². The summed E-state index contributed by atoms with van der Waals surface area (Å²) in [7, 11) is 5.29. The van der Waals surface area contributed by atoms with Crippen LogP contribution in [0.25, 0.3) is 11.1 Å². The molecule has 7 aromatic rings. The summed E-state index contributed by atoms with van der Waals surface area (Å²) in [6, 6.07) is 63.6. The average Bonchev–Trinajstić information content (AvgIpc) is 0.925. The number of hydrogen-bond donors (Lipinski definition) is 2. The molecule has 10 bridgehead atoms. The number of aryl methyl sites for hydroxylation is 1. The van der Waals surface area contributed by atoms with E-state index in [1.54, 1.807) is 26.4 Å². The molecule has 22 rings (SSSR count). The highest BCUT2D eigenvalue weighted by atomic mass is 35.5. The summed E-state index contributed by atoms with van der Waals surface area (Å²) in [4.78, 5) is 23.6. The number of carbonyl (C=O) groups is 1. The zero-order chi connectivity index (χ0) is 86.1. The number of nitrogens with one attached hydrogen (secondary N) is 1. The second kappa shape index (κ2) is 41.2. The molecule has 0 amide bonds. The smallest absolute Gasteiger partial charge is 0.201 e. The van der Waals surface area contributed by atoms with E-state index < -0.39 is 11.0 Å². The fraction of sp³-hybridized carbons (Fsp3) is 0.571. The monoisotopic (exact) mass is 1720 g/mol. The van der Waals surface area contributed by atoms with Crippen molar-refractivity contribution in [3.8, 4) is 40.2 Å². The summed E-state index contributed by atoms with van der Waals surface area (Å²) in [5.74, 6) is 15.7. The van der Waals surface area contributed by atoms with Crippen LogP contribution in [0.1, 0.15) is 243 Å². The topological polar surface area (TPSA) is 126 Å². The Labute approximate surface area is 761 Å². The van der Waals surface area contributed by atoms with Crippen molar-refractivity contribution in [3.63, 3.8) is 0 Å². The number of allylic oxidation sites excluding steroid dienone is 3. The Balaban J connectivity index is 0.000000112. The fourth-order valence-electron chi connectivity index (χ4n) is 27.2. The molecule has 13 fully saturated rings. The van der Waals surface area contributed by atoms with Crippen LogP contribution in [0, 0.1) is 83.4 Å². The number of nitrogens with zero attached hydrogens (tertiary/aromatic N) is 6. The Morgan fingerprint density at radius 1 is 0.468 bits per heavy atom. The molecule has 7 aromatic carbocycles. The summed E-state index contributed by atoms with van der Waals surface area (Å²) < 4.78 is 22.8. The highest BCUT2D eigenvalue weighted by Gasteiger charge is 2.47. The largest absolute Gasteiger partial charge is 0.496 e. The van der Waals surface area contributed by atoms with Crippen LogP contribution in [0.2, 0.25) is 5.02 Å². The first-order valence-corrected chi connectivity index (χ1v) is 50.1. The number of likely N-dealkylation sites (tertiary alicyclic amines) is 4. The predicted octanol–water partition coefficient (Wildman–Crippen LogP) is 23.3. The Hall–Kier alpha value is -7.61. The van der Waals surface area contributed by atoms with Crippen LogP contribution in [-0.4, -0.2) is 160 Å². The van der Waals surface area contributed by atoms with Gasteiger partial charge in [0.2, 0.25) is 5.78 Å². The van der Waals surface area contributed by atoms with Gasteiger partial charge in [0.15, 0.2) is 6.61 Å². The van der Waals surface area contributed by atoms with Gasteiger partial charge in [-0.25, -0.2) is 5.01 Å². The van der Waals surface area contributed by atoms with E-state index in [1.165, 1.54) is 233 Å². The number of halogens is 1. The van der Waals surface area contributed by atoms with Gasteiger partial charge in [0.05, 0.1) is 43.4 Å². The highest BCUT2D eigenvalue weighted by molar-refractivity contribution is 6.34. The van der Waals surface area contributed by atoms with Crippen molar-refractivity contribution in [2.45, 2.75) is 240 Å². The van der Waals surface area contributed by atoms with Crippen molar-refractivity contribution < 1.29 is 30.3 Å². The van der Waals surface area contributed by atoms with E-state index >= 15 is 0 Å². The van der Waals surface area contributed by atoms with Gasteiger partial charge in [-0.1, -0.05) is 189 Å². The number of ketones is 1. The van der Waals surface area contributed by atoms with E-state index in [9.17, 15) is 15.2 Å². The van der Waals surface area contributed by atoms with E-state index in [0.717, 1.165) is 163 Å². The van der Waals surface area contributed by atoms with Crippen molar-refractivity contribution in [1.29, 1.82) is 5.26 Å².